The lowest BCUT2D eigenvalue weighted by atomic mass is 10.2. The standard InChI is InChI=1S/C14H16N4O/c1-2-8-15-11-14(19)17-12-6-3-4-7-13(12)18-10-5-9-16-18/h2-7,9-10,15H,1,8,11H2,(H,17,19). The third kappa shape index (κ3) is 3.53. The number of aromatic nitrogens is 2. The first-order chi connectivity index (χ1) is 9.31. The van der Waals surface area contributed by atoms with Crippen molar-refractivity contribution in [3.05, 3.63) is 55.4 Å². The Kier molecular flexibility index (Phi) is 4.47. The van der Waals surface area contributed by atoms with E-state index < -0.39 is 0 Å². The summed E-state index contributed by atoms with van der Waals surface area (Å²) in [6, 6.07) is 9.37. The van der Waals surface area contributed by atoms with E-state index in [1.807, 2.05) is 36.5 Å². The molecule has 0 aliphatic rings. The molecule has 1 amide bonds. The van der Waals surface area contributed by atoms with Gasteiger partial charge in [-0.05, 0) is 18.2 Å². The quantitative estimate of drug-likeness (QED) is 0.609. The highest BCUT2D eigenvalue weighted by Gasteiger charge is 2.07. The van der Waals surface area contributed by atoms with Crippen LogP contribution in [0.2, 0.25) is 0 Å². The summed E-state index contributed by atoms with van der Waals surface area (Å²) >= 11 is 0. The zero-order valence-corrected chi connectivity index (χ0v) is 10.5. The van der Waals surface area contributed by atoms with Crippen LogP contribution < -0.4 is 10.6 Å². The fourth-order valence-electron chi connectivity index (χ4n) is 1.67. The van der Waals surface area contributed by atoms with Crippen molar-refractivity contribution in [3.8, 4) is 5.69 Å². The first kappa shape index (κ1) is 13.0. The van der Waals surface area contributed by atoms with Crippen LogP contribution in [-0.2, 0) is 4.79 Å². The van der Waals surface area contributed by atoms with E-state index in [-0.39, 0.29) is 12.5 Å². The van der Waals surface area contributed by atoms with Crippen LogP contribution in [0.4, 0.5) is 5.69 Å². The van der Waals surface area contributed by atoms with Gasteiger partial charge < -0.3 is 10.6 Å². The lowest BCUT2D eigenvalue weighted by Gasteiger charge is -2.11. The van der Waals surface area contributed by atoms with Gasteiger partial charge in [0.25, 0.3) is 0 Å². The maximum atomic E-state index is 11.8. The van der Waals surface area contributed by atoms with Crippen LogP contribution in [-0.4, -0.2) is 28.8 Å². The molecule has 5 heteroatoms. The summed E-state index contributed by atoms with van der Waals surface area (Å²) in [5, 5.41) is 9.98. The van der Waals surface area contributed by atoms with Crippen LogP contribution in [0.25, 0.3) is 5.69 Å². The molecule has 5 nitrogen and oxygen atoms in total. The maximum absolute atomic E-state index is 11.8. The van der Waals surface area contributed by atoms with Gasteiger partial charge in [0.1, 0.15) is 0 Å². The largest absolute Gasteiger partial charge is 0.323 e. The number of hydrogen-bond donors (Lipinski definition) is 2. The molecular weight excluding hydrogens is 240 g/mol. The first-order valence-corrected chi connectivity index (χ1v) is 6.02. The molecule has 0 saturated carbocycles. The highest BCUT2D eigenvalue weighted by Crippen LogP contribution is 2.18. The summed E-state index contributed by atoms with van der Waals surface area (Å²) in [5.41, 5.74) is 1.57. The fraction of sp³-hybridized carbons (Fsp3) is 0.143. The Bertz CT molecular complexity index is 548. The molecule has 0 spiro atoms. The van der Waals surface area contributed by atoms with E-state index in [0.717, 1.165) is 11.4 Å². The number of nitrogens with one attached hydrogen (secondary N) is 2. The van der Waals surface area contributed by atoms with Gasteiger partial charge in [-0.1, -0.05) is 18.2 Å². The number of para-hydroxylation sites is 2. The van der Waals surface area contributed by atoms with Crippen molar-refractivity contribution in [2.45, 2.75) is 0 Å². The minimum atomic E-state index is -0.0959. The summed E-state index contributed by atoms with van der Waals surface area (Å²) in [7, 11) is 0. The Labute approximate surface area is 111 Å². The number of hydrogen-bond acceptors (Lipinski definition) is 3. The number of carbonyl (C=O) groups is 1. The van der Waals surface area contributed by atoms with E-state index in [1.165, 1.54) is 0 Å². The van der Waals surface area contributed by atoms with Gasteiger partial charge in [-0.25, -0.2) is 4.68 Å². The normalized spacial score (nSPS) is 10.1. The van der Waals surface area contributed by atoms with E-state index in [0.29, 0.717) is 6.54 Å². The Morgan fingerprint density at radius 3 is 2.95 bits per heavy atom. The van der Waals surface area contributed by atoms with E-state index in [4.69, 9.17) is 0 Å². The van der Waals surface area contributed by atoms with Crippen molar-refractivity contribution in [2.75, 3.05) is 18.4 Å². The lowest BCUT2D eigenvalue weighted by Crippen LogP contribution is -2.28. The second-order valence-electron chi connectivity index (χ2n) is 3.94. The molecule has 2 N–H and O–H groups in total. The predicted molar refractivity (Wildman–Crippen MR) is 75.3 cm³/mol. The van der Waals surface area contributed by atoms with E-state index in [2.05, 4.69) is 22.3 Å². The summed E-state index contributed by atoms with van der Waals surface area (Å²) in [6.45, 7) is 4.44. The van der Waals surface area contributed by atoms with Crippen LogP contribution in [0.1, 0.15) is 0 Å². The van der Waals surface area contributed by atoms with Gasteiger partial charge in [0, 0.05) is 18.9 Å². The Hall–Kier alpha value is -2.40. The Balaban J connectivity index is 2.08. The number of anilines is 1. The van der Waals surface area contributed by atoms with Crippen LogP contribution in [0, 0.1) is 0 Å². The monoisotopic (exact) mass is 256 g/mol. The van der Waals surface area contributed by atoms with Crippen LogP contribution >= 0.6 is 0 Å². The Morgan fingerprint density at radius 1 is 1.37 bits per heavy atom. The SMILES string of the molecule is C=CCNCC(=O)Nc1ccccc1-n1cccn1. The predicted octanol–water partition coefficient (Wildman–Crippen LogP) is 1.59. The topological polar surface area (TPSA) is 59.0 Å². The summed E-state index contributed by atoms with van der Waals surface area (Å²) in [6.07, 6.45) is 5.25. The molecule has 0 radical (unpaired) electrons. The Morgan fingerprint density at radius 2 is 2.21 bits per heavy atom. The molecule has 19 heavy (non-hydrogen) atoms. The molecule has 0 bridgehead atoms. The molecule has 0 aliphatic heterocycles. The fourth-order valence-corrected chi connectivity index (χ4v) is 1.67. The third-order valence-electron chi connectivity index (χ3n) is 2.50. The minimum absolute atomic E-state index is 0.0959. The molecule has 0 aliphatic carbocycles. The summed E-state index contributed by atoms with van der Waals surface area (Å²) < 4.78 is 1.72. The van der Waals surface area contributed by atoms with Crippen LogP contribution in [0.3, 0.4) is 0 Å². The zero-order chi connectivity index (χ0) is 13.5. The molecule has 1 aromatic heterocycles. The second kappa shape index (κ2) is 6.51. The average molecular weight is 256 g/mol. The van der Waals surface area contributed by atoms with Crippen molar-refractivity contribution in [1.29, 1.82) is 0 Å². The molecule has 1 aromatic carbocycles. The van der Waals surface area contributed by atoms with Gasteiger partial charge >= 0.3 is 0 Å². The van der Waals surface area contributed by atoms with E-state index in [9.17, 15) is 4.79 Å². The van der Waals surface area contributed by atoms with Gasteiger partial charge in [0.05, 0.1) is 17.9 Å². The van der Waals surface area contributed by atoms with Gasteiger partial charge in [-0.15, -0.1) is 6.58 Å². The molecule has 2 aromatic rings. The van der Waals surface area contributed by atoms with Crippen molar-refractivity contribution in [1.82, 2.24) is 15.1 Å². The third-order valence-corrected chi connectivity index (χ3v) is 2.50. The van der Waals surface area contributed by atoms with Crippen LogP contribution in [0.5, 0.6) is 0 Å². The summed E-state index contributed by atoms with van der Waals surface area (Å²) in [4.78, 5) is 11.8. The van der Waals surface area contributed by atoms with Crippen molar-refractivity contribution in [3.63, 3.8) is 0 Å². The average Bonchev–Trinajstić information content (AvgIpc) is 2.93. The van der Waals surface area contributed by atoms with E-state index >= 15 is 0 Å². The highest BCUT2D eigenvalue weighted by molar-refractivity contribution is 5.94. The molecule has 0 unspecified atom stereocenters. The lowest BCUT2D eigenvalue weighted by molar-refractivity contribution is -0.115. The number of amides is 1. The molecule has 0 atom stereocenters. The van der Waals surface area contributed by atoms with Crippen molar-refractivity contribution >= 4 is 11.6 Å². The number of rotatable bonds is 6. The number of nitrogens with zero attached hydrogens (tertiary/aromatic N) is 2. The summed E-state index contributed by atoms with van der Waals surface area (Å²) in [5.74, 6) is -0.0959. The molecule has 1 heterocycles. The molecular formula is C14H16N4O. The maximum Gasteiger partial charge on any atom is 0.238 e. The van der Waals surface area contributed by atoms with Gasteiger partial charge in [-0.3, -0.25) is 4.79 Å². The van der Waals surface area contributed by atoms with Crippen molar-refractivity contribution < 1.29 is 4.79 Å². The van der Waals surface area contributed by atoms with E-state index in [1.54, 1.807) is 17.0 Å². The highest BCUT2D eigenvalue weighted by atomic mass is 16.1. The molecule has 0 saturated heterocycles. The van der Waals surface area contributed by atoms with Gasteiger partial charge in [0.2, 0.25) is 5.91 Å². The number of benzene rings is 1. The molecule has 2 rings (SSSR count). The van der Waals surface area contributed by atoms with Gasteiger partial charge in [-0.2, -0.15) is 5.10 Å². The zero-order valence-electron chi connectivity index (χ0n) is 10.5. The van der Waals surface area contributed by atoms with Crippen LogP contribution in [0.15, 0.2) is 55.4 Å². The number of carbonyl (C=O) groups excluding carboxylic acids is 1. The minimum Gasteiger partial charge on any atom is -0.323 e. The van der Waals surface area contributed by atoms with Crippen molar-refractivity contribution in [2.24, 2.45) is 0 Å². The molecule has 98 valence electrons. The molecule has 0 fully saturated rings. The second-order valence-corrected chi connectivity index (χ2v) is 3.94. The smallest absolute Gasteiger partial charge is 0.238 e. The first-order valence-electron chi connectivity index (χ1n) is 6.02. The van der Waals surface area contributed by atoms with Gasteiger partial charge in [0.15, 0.2) is 0 Å².